The van der Waals surface area contributed by atoms with Gasteiger partial charge in [-0.3, -0.25) is 4.79 Å². The van der Waals surface area contributed by atoms with Gasteiger partial charge >= 0.3 is 0 Å². The Hall–Kier alpha value is -1.39. The molecule has 0 saturated heterocycles. The lowest BCUT2D eigenvalue weighted by atomic mass is 10.3. The lowest BCUT2D eigenvalue weighted by Gasteiger charge is -2.09. The first-order valence-electron chi connectivity index (χ1n) is 3.39. The molecule has 2 heterocycles. The van der Waals surface area contributed by atoms with Crippen LogP contribution < -0.4 is 5.32 Å². The Balaban J connectivity index is 2.40. The highest BCUT2D eigenvalue weighted by Crippen LogP contribution is 2.18. The molecule has 5 heteroatoms. The molecule has 0 unspecified atom stereocenters. The van der Waals surface area contributed by atoms with Gasteiger partial charge in [-0.25, -0.2) is 0 Å². The highest BCUT2D eigenvalue weighted by molar-refractivity contribution is 5.97. The number of carbonyl (C=O) groups excluding carboxylic acids is 1. The number of hydrogen-bond donors (Lipinski definition) is 1. The molecule has 11 heavy (non-hydrogen) atoms. The molecule has 0 aromatic heterocycles. The van der Waals surface area contributed by atoms with Crippen molar-refractivity contribution in [2.75, 3.05) is 20.3 Å². The Morgan fingerprint density at radius 1 is 1.64 bits per heavy atom. The standard InChI is InChI=1S/C6H8N4O/c1-10-3-7-5-4(11)2-8-9-6(5)10/h7H,2-3H2,1H3. The van der Waals surface area contributed by atoms with Crippen molar-refractivity contribution < 1.29 is 4.79 Å². The first-order valence-corrected chi connectivity index (χ1v) is 3.39. The molecule has 0 amide bonds. The summed E-state index contributed by atoms with van der Waals surface area (Å²) in [6.45, 7) is 0.828. The number of ketones is 1. The van der Waals surface area contributed by atoms with E-state index in [-0.39, 0.29) is 12.3 Å². The van der Waals surface area contributed by atoms with Gasteiger partial charge in [0.25, 0.3) is 0 Å². The van der Waals surface area contributed by atoms with Gasteiger partial charge in [-0.05, 0) is 0 Å². The van der Waals surface area contributed by atoms with Gasteiger partial charge in [-0.15, -0.1) is 5.11 Å². The van der Waals surface area contributed by atoms with Crippen molar-refractivity contribution in [2.45, 2.75) is 0 Å². The van der Waals surface area contributed by atoms with E-state index >= 15 is 0 Å². The minimum atomic E-state index is 0.0272. The molecular weight excluding hydrogens is 144 g/mol. The Kier molecular flexibility index (Phi) is 1.18. The third-order valence-corrected chi connectivity index (χ3v) is 1.74. The van der Waals surface area contributed by atoms with E-state index in [1.54, 1.807) is 0 Å². The predicted octanol–water partition coefficient (Wildman–Crippen LogP) is -0.317. The Labute approximate surface area is 63.8 Å². The fraction of sp³-hybridized carbons (Fsp3) is 0.500. The number of rotatable bonds is 0. The molecule has 0 spiro atoms. The van der Waals surface area contributed by atoms with Crippen molar-refractivity contribution in [3.63, 3.8) is 0 Å². The van der Waals surface area contributed by atoms with Crippen LogP contribution in [0.25, 0.3) is 0 Å². The van der Waals surface area contributed by atoms with E-state index in [9.17, 15) is 4.79 Å². The summed E-state index contributed by atoms with van der Waals surface area (Å²) in [5.41, 5.74) is 0.613. The molecule has 58 valence electrons. The average Bonchev–Trinajstić information content (AvgIpc) is 2.35. The van der Waals surface area contributed by atoms with Crippen LogP contribution in [0.4, 0.5) is 0 Å². The summed E-state index contributed by atoms with van der Waals surface area (Å²) in [4.78, 5) is 13.0. The van der Waals surface area contributed by atoms with Gasteiger partial charge in [0, 0.05) is 7.05 Å². The van der Waals surface area contributed by atoms with Crippen LogP contribution >= 0.6 is 0 Å². The molecule has 2 aliphatic rings. The van der Waals surface area contributed by atoms with E-state index < -0.39 is 0 Å². The normalized spacial score (nSPS) is 22.3. The smallest absolute Gasteiger partial charge is 0.205 e. The Morgan fingerprint density at radius 3 is 3.18 bits per heavy atom. The molecule has 0 saturated carbocycles. The van der Waals surface area contributed by atoms with E-state index in [4.69, 9.17) is 0 Å². The second-order valence-electron chi connectivity index (χ2n) is 2.55. The number of carbonyl (C=O) groups is 1. The van der Waals surface area contributed by atoms with Crippen LogP contribution in [0.15, 0.2) is 21.7 Å². The van der Waals surface area contributed by atoms with E-state index in [0.717, 1.165) is 0 Å². The fourth-order valence-corrected chi connectivity index (χ4v) is 1.14. The van der Waals surface area contributed by atoms with Gasteiger partial charge < -0.3 is 10.2 Å². The molecule has 5 nitrogen and oxygen atoms in total. The summed E-state index contributed by atoms with van der Waals surface area (Å²) >= 11 is 0. The zero-order chi connectivity index (χ0) is 7.84. The molecule has 2 rings (SSSR count). The van der Waals surface area contributed by atoms with Crippen molar-refractivity contribution in [2.24, 2.45) is 10.2 Å². The number of hydrogen-bond acceptors (Lipinski definition) is 5. The molecule has 2 aliphatic heterocycles. The van der Waals surface area contributed by atoms with E-state index in [2.05, 4.69) is 15.5 Å². The maximum absolute atomic E-state index is 11.1. The van der Waals surface area contributed by atoms with Gasteiger partial charge in [-0.1, -0.05) is 0 Å². The van der Waals surface area contributed by atoms with Gasteiger partial charge in [0.05, 0.1) is 6.67 Å². The zero-order valence-corrected chi connectivity index (χ0v) is 6.16. The van der Waals surface area contributed by atoms with Crippen LogP contribution in [0.5, 0.6) is 0 Å². The molecule has 0 fully saturated rings. The molecule has 0 bridgehead atoms. The largest absolute Gasteiger partial charge is 0.362 e. The van der Waals surface area contributed by atoms with Crippen molar-refractivity contribution in [1.29, 1.82) is 0 Å². The first-order chi connectivity index (χ1) is 5.29. The topological polar surface area (TPSA) is 57.1 Å². The zero-order valence-electron chi connectivity index (χ0n) is 6.16. The summed E-state index contributed by atoms with van der Waals surface area (Å²) in [7, 11) is 1.87. The summed E-state index contributed by atoms with van der Waals surface area (Å²) < 4.78 is 0. The molecule has 0 radical (unpaired) electrons. The minimum Gasteiger partial charge on any atom is -0.362 e. The van der Waals surface area contributed by atoms with Gasteiger partial charge in [0.2, 0.25) is 5.78 Å². The highest BCUT2D eigenvalue weighted by Gasteiger charge is 2.26. The number of nitrogens with zero attached hydrogens (tertiary/aromatic N) is 3. The lowest BCUT2D eigenvalue weighted by Crippen LogP contribution is -2.21. The maximum atomic E-state index is 11.1. The average molecular weight is 152 g/mol. The first kappa shape index (κ1) is 6.33. The second kappa shape index (κ2) is 2.05. The van der Waals surface area contributed by atoms with Crippen molar-refractivity contribution in [3.8, 4) is 0 Å². The molecule has 0 aromatic carbocycles. The lowest BCUT2D eigenvalue weighted by molar-refractivity contribution is -0.114. The Bertz CT molecular complexity index is 268. The SMILES string of the molecule is CN1CNC2=C1N=NCC2=O. The van der Waals surface area contributed by atoms with Crippen molar-refractivity contribution >= 4 is 5.78 Å². The van der Waals surface area contributed by atoms with Gasteiger partial charge in [0.15, 0.2) is 5.82 Å². The monoisotopic (exact) mass is 152 g/mol. The van der Waals surface area contributed by atoms with E-state index in [1.807, 2.05) is 11.9 Å². The van der Waals surface area contributed by atoms with Gasteiger partial charge in [-0.2, -0.15) is 5.11 Å². The maximum Gasteiger partial charge on any atom is 0.205 e. The summed E-state index contributed by atoms with van der Waals surface area (Å²) in [6.07, 6.45) is 0. The minimum absolute atomic E-state index is 0.0272. The summed E-state index contributed by atoms with van der Waals surface area (Å²) in [5.74, 6) is 0.695. The second-order valence-corrected chi connectivity index (χ2v) is 2.55. The molecular formula is C6H8N4O. The van der Waals surface area contributed by atoms with Crippen LogP contribution in [0.2, 0.25) is 0 Å². The van der Waals surface area contributed by atoms with Crippen LogP contribution in [0, 0.1) is 0 Å². The molecule has 0 aliphatic carbocycles. The molecule has 0 atom stereocenters. The van der Waals surface area contributed by atoms with Crippen LogP contribution in [0.3, 0.4) is 0 Å². The van der Waals surface area contributed by atoms with Crippen LogP contribution in [0.1, 0.15) is 0 Å². The third-order valence-electron chi connectivity index (χ3n) is 1.74. The quantitative estimate of drug-likeness (QED) is 0.517. The van der Waals surface area contributed by atoms with Crippen LogP contribution in [-0.4, -0.2) is 30.9 Å². The molecule has 1 N–H and O–H groups in total. The van der Waals surface area contributed by atoms with Crippen LogP contribution in [-0.2, 0) is 4.79 Å². The van der Waals surface area contributed by atoms with Gasteiger partial charge in [0.1, 0.15) is 12.2 Å². The summed E-state index contributed by atoms with van der Waals surface area (Å²) in [5, 5.41) is 10.5. The molecule has 0 aromatic rings. The highest BCUT2D eigenvalue weighted by atomic mass is 16.1. The predicted molar refractivity (Wildman–Crippen MR) is 37.5 cm³/mol. The number of nitrogens with one attached hydrogen (secondary N) is 1. The number of Topliss-reactive ketones (excluding diaryl/α,β-unsaturated/α-hetero) is 1. The van der Waals surface area contributed by atoms with E-state index in [0.29, 0.717) is 18.2 Å². The fourth-order valence-electron chi connectivity index (χ4n) is 1.14. The van der Waals surface area contributed by atoms with Crippen molar-refractivity contribution in [3.05, 3.63) is 11.5 Å². The Morgan fingerprint density at radius 2 is 2.45 bits per heavy atom. The summed E-state index contributed by atoms with van der Waals surface area (Å²) in [6, 6.07) is 0. The number of azo groups is 1. The van der Waals surface area contributed by atoms with Crippen molar-refractivity contribution in [1.82, 2.24) is 10.2 Å². The van der Waals surface area contributed by atoms with E-state index in [1.165, 1.54) is 0 Å². The third kappa shape index (κ3) is 0.806.